The first-order valence-corrected chi connectivity index (χ1v) is 8.33. The lowest BCUT2D eigenvalue weighted by atomic mass is 10.9. The highest BCUT2D eigenvalue weighted by Gasteiger charge is 2.54. The minimum atomic E-state index is 0.553. The molecule has 40 valence electrons. The van der Waals surface area contributed by atoms with Crippen molar-refractivity contribution in [2.24, 2.45) is 0 Å². The van der Waals surface area contributed by atoms with Crippen molar-refractivity contribution in [1.82, 2.24) is 0 Å². The Hall–Kier alpha value is 1.20. The highest BCUT2D eigenvalue weighted by molar-refractivity contribution is 8.54. The van der Waals surface area contributed by atoms with Crippen LogP contribution in [0, 0.1) is 0 Å². The normalized spacial score (nSPS) is 66.0. The van der Waals surface area contributed by atoms with Gasteiger partial charge < -0.3 is 0 Å². The molecule has 0 spiro atoms. The van der Waals surface area contributed by atoms with Gasteiger partial charge in [-0.1, -0.05) is 16.4 Å². The van der Waals surface area contributed by atoms with Gasteiger partial charge in [0.2, 0.25) is 0 Å². The monoisotopic (exact) mass is 176 g/mol. The lowest BCUT2D eigenvalue weighted by molar-refractivity contribution is 1.30. The smallest absolute Gasteiger partial charge is 0.0440 e. The van der Waals surface area contributed by atoms with Crippen LogP contribution in [-0.2, 0) is 0 Å². The Morgan fingerprint density at radius 2 is 1.50 bits per heavy atom. The molecule has 0 aromatic rings. The summed E-state index contributed by atoms with van der Waals surface area (Å²) in [6, 6.07) is 0. The summed E-state index contributed by atoms with van der Waals surface area (Å²) >= 11 is 0. The van der Waals surface area contributed by atoms with Crippen LogP contribution < -0.4 is 0 Å². The first-order valence-electron chi connectivity index (χ1n) is 2.60. The largest absolute Gasteiger partial charge is 0.0934 e. The van der Waals surface area contributed by atoms with Gasteiger partial charge >= 0.3 is 0 Å². The van der Waals surface area contributed by atoms with Crippen LogP contribution in [0.4, 0.5) is 0 Å². The summed E-state index contributed by atoms with van der Waals surface area (Å²) in [5.74, 6) is 0. The van der Waals surface area contributed by atoms with Crippen LogP contribution >= 0.6 is 31.6 Å². The fraction of sp³-hybridized carbons (Fsp3) is 0.500. The van der Waals surface area contributed by atoms with Crippen LogP contribution in [0.3, 0.4) is 0 Å². The van der Waals surface area contributed by atoms with Gasteiger partial charge in [0.05, 0.1) is 0 Å². The third kappa shape index (κ3) is 0.374. The van der Waals surface area contributed by atoms with Crippen molar-refractivity contribution in [2.75, 3.05) is 0 Å². The summed E-state index contributed by atoms with van der Waals surface area (Å²) in [6.45, 7) is 0. The van der Waals surface area contributed by atoms with E-state index in [1.807, 2.05) is 0 Å². The zero-order valence-corrected chi connectivity index (χ0v) is 7.68. The molecule has 3 heterocycles. The fourth-order valence-electron chi connectivity index (χ4n) is 1.16. The van der Waals surface area contributed by atoms with E-state index in [9.17, 15) is 0 Å². The molecule has 0 radical (unpaired) electrons. The second-order valence-corrected chi connectivity index (χ2v) is 11.9. The number of fused-ring (bicyclic) bond motifs is 4. The molecule has 0 bridgehead atoms. The molecule has 0 aromatic carbocycles. The van der Waals surface area contributed by atoms with Gasteiger partial charge in [0.1, 0.15) is 0 Å². The molecule has 0 aromatic heterocycles. The SMILES string of the molecule is C1=P[C@H]2[C@@H]3P=CP3P12. The molecule has 8 heavy (non-hydrogen) atoms. The van der Waals surface area contributed by atoms with Crippen LogP contribution in [0.25, 0.3) is 0 Å². The van der Waals surface area contributed by atoms with E-state index in [-0.39, 0.29) is 0 Å². The molecular formula is C4H4P4. The summed E-state index contributed by atoms with van der Waals surface area (Å²) in [5, 5.41) is 2.42. The lowest BCUT2D eigenvalue weighted by Gasteiger charge is -2.55. The maximum absolute atomic E-state index is 2.56. The van der Waals surface area contributed by atoms with Crippen LogP contribution in [0.2, 0.25) is 0 Å². The third-order valence-electron chi connectivity index (χ3n) is 1.75. The number of hydrogen-bond donors (Lipinski definition) is 0. The van der Waals surface area contributed by atoms with E-state index in [1.54, 1.807) is 16.4 Å². The summed E-state index contributed by atoms with van der Waals surface area (Å²) in [6.07, 6.45) is 0. The Balaban J connectivity index is 2.07. The minimum absolute atomic E-state index is 0.553. The Morgan fingerprint density at radius 1 is 1.00 bits per heavy atom. The van der Waals surface area contributed by atoms with Crippen molar-refractivity contribution in [1.29, 1.82) is 0 Å². The standard InChI is InChI=1S/C4H4P4/c1-5-3-4-6-2-8(4)7(1)3/h1-4H/t3-,4-,7?,8?/m1/s1. The Morgan fingerprint density at radius 3 is 1.62 bits per heavy atom. The predicted octanol–water partition coefficient (Wildman–Crippen LogP) is 2.97. The maximum atomic E-state index is 2.56. The van der Waals surface area contributed by atoms with Crippen LogP contribution in [-0.4, -0.2) is 21.9 Å². The molecule has 2 unspecified atom stereocenters. The maximum Gasteiger partial charge on any atom is 0.0440 e. The van der Waals surface area contributed by atoms with E-state index in [4.69, 9.17) is 0 Å². The van der Waals surface area contributed by atoms with Crippen molar-refractivity contribution in [3.63, 3.8) is 0 Å². The van der Waals surface area contributed by atoms with Gasteiger partial charge in [-0.15, -0.1) is 0 Å². The minimum Gasteiger partial charge on any atom is -0.0934 e. The number of rotatable bonds is 0. The average Bonchev–Trinajstić information content (AvgIpc) is 1.70. The Kier molecular flexibility index (Phi) is 0.886. The van der Waals surface area contributed by atoms with Gasteiger partial charge in [0.25, 0.3) is 0 Å². The first kappa shape index (κ1) is 4.93. The molecular weight excluding hydrogens is 172 g/mol. The second kappa shape index (κ2) is 1.44. The van der Waals surface area contributed by atoms with Gasteiger partial charge in [-0.2, -0.15) is 0 Å². The van der Waals surface area contributed by atoms with Crippen molar-refractivity contribution in [2.45, 2.75) is 10.8 Å². The van der Waals surface area contributed by atoms with Crippen LogP contribution in [0.5, 0.6) is 0 Å². The third-order valence-corrected chi connectivity index (χ3v) is 17.4. The van der Waals surface area contributed by atoms with E-state index in [1.165, 1.54) is 10.8 Å². The fourth-order valence-corrected chi connectivity index (χ4v) is 17.9. The van der Waals surface area contributed by atoms with Gasteiger partial charge in [0.15, 0.2) is 0 Å². The predicted molar refractivity (Wildman–Crippen MR) is 47.4 cm³/mol. The quantitative estimate of drug-likeness (QED) is 0.497. The Bertz CT molecular complexity index is 146. The van der Waals surface area contributed by atoms with Crippen molar-refractivity contribution >= 4 is 42.7 Å². The zero-order chi connectivity index (χ0) is 5.14. The average molecular weight is 176 g/mol. The molecule has 3 rings (SSSR count). The molecule has 3 aliphatic heterocycles. The zero-order valence-electron chi connectivity index (χ0n) is 4.10. The van der Waals surface area contributed by atoms with Gasteiger partial charge in [-0.3, -0.25) is 0 Å². The van der Waals surface area contributed by atoms with E-state index >= 15 is 0 Å². The van der Waals surface area contributed by atoms with Crippen molar-refractivity contribution in [3.8, 4) is 0 Å². The van der Waals surface area contributed by atoms with Crippen LogP contribution in [0.15, 0.2) is 0 Å². The summed E-state index contributed by atoms with van der Waals surface area (Å²) in [7, 11) is 4.49. The van der Waals surface area contributed by atoms with Crippen molar-refractivity contribution < 1.29 is 0 Å². The van der Waals surface area contributed by atoms with E-state index in [0.717, 1.165) is 0 Å². The summed E-state index contributed by atoms with van der Waals surface area (Å²) in [4.78, 5) is 0. The highest BCUT2D eigenvalue weighted by Crippen LogP contribution is 2.95. The highest BCUT2D eigenvalue weighted by atomic mass is 32.1. The van der Waals surface area contributed by atoms with Gasteiger partial charge in [-0.25, -0.2) is 0 Å². The molecule has 0 nitrogen and oxygen atoms in total. The lowest BCUT2D eigenvalue weighted by Crippen LogP contribution is -2.31. The van der Waals surface area contributed by atoms with E-state index < -0.39 is 0 Å². The van der Waals surface area contributed by atoms with Crippen molar-refractivity contribution in [3.05, 3.63) is 0 Å². The molecule has 4 heteroatoms. The van der Waals surface area contributed by atoms with Gasteiger partial charge in [0, 0.05) is 10.8 Å². The molecule has 4 atom stereocenters. The van der Waals surface area contributed by atoms with E-state index in [0.29, 0.717) is 15.2 Å². The van der Waals surface area contributed by atoms with Crippen LogP contribution in [0.1, 0.15) is 0 Å². The van der Waals surface area contributed by atoms with Gasteiger partial charge in [-0.05, 0) is 26.3 Å². The summed E-state index contributed by atoms with van der Waals surface area (Å²) < 4.78 is 0. The molecule has 1 saturated heterocycles. The molecule has 0 aliphatic carbocycles. The van der Waals surface area contributed by atoms with E-state index in [2.05, 4.69) is 11.1 Å². The summed E-state index contributed by atoms with van der Waals surface area (Å²) in [5.41, 5.74) is 5.13. The number of hydrogen-bond acceptors (Lipinski definition) is 0. The molecule has 0 N–H and O–H groups in total. The second-order valence-electron chi connectivity index (χ2n) is 2.12. The molecule has 3 aliphatic rings. The topological polar surface area (TPSA) is 0 Å². The Labute approximate surface area is 54.1 Å². The molecule has 1 fully saturated rings. The molecule has 0 amide bonds. The molecule has 0 saturated carbocycles. The first-order chi connectivity index (χ1) is 3.97.